The third kappa shape index (κ3) is 3.70. The van der Waals surface area contributed by atoms with Crippen molar-refractivity contribution in [3.8, 4) is 0 Å². The van der Waals surface area contributed by atoms with E-state index < -0.39 is 0 Å². The lowest BCUT2D eigenvalue weighted by atomic mass is 9.58. The van der Waals surface area contributed by atoms with Gasteiger partial charge in [0.2, 0.25) is 5.91 Å². The summed E-state index contributed by atoms with van der Waals surface area (Å²) < 4.78 is 11.2. The number of carbonyl (C=O) groups excluding carboxylic acids is 1. The highest BCUT2D eigenvalue weighted by Gasteiger charge is 2.54. The molecule has 3 unspecified atom stereocenters. The minimum atomic E-state index is -0.207. The van der Waals surface area contributed by atoms with Crippen molar-refractivity contribution in [1.82, 2.24) is 10.6 Å². The Morgan fingerprint density at radius 3 is 2.62 bits per heavy atom. The Bertz CT molecular complexity index is 331. The molecule has 21 heavy (non-hydrogen) atoms. The zero-order valence-corrected chi connectivity index (χ0v) is 14.1. The minimum Gasteiger partial charge on any atom is -0.378 e. The summed E-state index contributed by atoms with van der Waals surface area (Å²) in [5.41, 5.74) is 0.0984. The molecule has 1 saturated carbocycles. The van der Waals surface area contributed by atoms with Gasteiger partial charge in [0.1, 0.15) is 6.04 Å². The van der Waals surface area contributed by atoms with Crippen LogP contribution in [0, 0.1) is 5.41 Å². The van der Waals surface area contributed by atoms with Gasteiger partial charge in [0.15, 0.2) is 0 Å². The third-order valence-electron chi connectivity index (χ3n) is 5.02. The zero-order chi connectivity index (χ0) is 14.6. The smallest absolute Gasteiger partial charge is 0.239 e. The molecule has 2 rings (SSSR count). The number of nitrogens with one attached hydrogen (secondary N) is 2. The first-order chi connectivity index (χ1) is 9.67. The lowest BCUT2D eigenvalue weighted by Crippen LogP contribution is -2.66. The Kier molecular flexibility index (Phi) is 7.40. The van der Waals surface area contributed by atoms with E-state index in [0.29, 0.717) is 13.2 Å². The summed E-state index contributed by atoms with van der Waals surface area (Å²) >= 11 is 0. The van der Waals surface area contributed by atoms with Crippen molar-refractivity contribution in [2.24, 2.45) is 5.41 Å². The van der Waals surface area contributed by atoms with Gasteiger partial charge in [0.25, 0.3) is 0 Å². The monoisotopic (exact) mass is 320 g/mol. The maximum Gasteiger partial charge on any atom is 0.239 e. The molecule has 0 radical (unpaired) electrons. The SMILES string of the molecule is CCOC1CC(NC(=O)C2COCCN2)C1(CC)CC.Cl. The van der Waals surface area contributed by atoms with Crippen molar-refractivity contribution in [3.63, 3.8) is 0 Å². The second-order valence-corrected chi connectivity index (χ2v) is 5.76. The Morgan fingerprint density at radius 2 is 2.10 bits per heavy atom. The van der Waals surface area contributed by atoms with Crippen molar-refractivity contribution in [1.29, 1.82) is 0 Å². The fourth-order valence-corrected chi connectivity index (χ4v) is 3.59. The number of amides is 1. The van der Waals surface area contributed by atoms with Crippen LogP contribution in [0.2, 0.25) is 0 Å². The lowest BCUT2D eigenvalue weighted by Gasteiger charge is -2.55. The normalized spacial score (nSPS) is 30.9. The molecule has 0 bridgehead atoms. The van der Waals surface area contributed by atoms with Crippen LogP contribution in [-0.4, -0.2) is 50.5 Å². The summed E-state index contributed by atoms with van der Waals surface area (Å²) in [5.74, 6) is 0.0657. The van der Waals surface area contributed by atoms with Gasteiger partial charge in [0.05, 0.1) is 19.3 Å². The van der Waals surface area contributed by atoms with Crippen molar-refractivity contribution in [2.75, 3.05) is 26.4 Å². The molecule has 1 saturated heterocycles. The van der Waals surface area contributed by atoms with Crippen LogP contribution in [0.15, 0.2) is 0 Å². The number of rotatable bonds is 6. The molecule has 1 amide bonds. The molecular formula is C15H29ClN2O3. The van der Waals surface area contributed by atoms with E-state index in [0.717, 1.165) is 32.4 Å². The Labute approximate surface area is 133 Å². The molecule has 2 fully saturated rings. The van der Waals surface area contributed by atoms with E-state index in [2.05, 4.69) is 24.5 Å². The number of hydrogen-bond donors (Lipinski definition) is 2. The average Bonchev–Trinajstić information content (AvgIpc) is 2.48. The van der Waals surface area contributed by atoms with Gasteiger partial charge in [-0.1, -0.05) is 13.8 Å². The molecule has 0 spiro atoms. The molecule has 1 aliphatic carbocycles. The van der Waals surface area contributed by atoms with Crippen molar-refractivity contribution in [3.05, 3.63) is 0 Å². The van der Waals surface area contributed by atoms with Crippen LogP contribution < -0.4 is 10.6 Å². The topological polar surface area (TPSA) is 59.6 Å². The van der Waals surface area contributed by atoms with Crippen LogP contribution in [-0.2, 0) is 14.3 Å². The highest BCUT2D eigenvalue weighted by molar-refractivity contribution is 5.85. The van der Waals surface area contributed by atoms with E-state index in [1.165, 1.54) is 0 Å². The van der Waals surface area contributed by atoms with Crippen molar-refractivity contribution in [2.45, 2.75) is 58.2 Å². The molecule has 0 aromatic rings. The molecule has 2 N–H and O–H groups in total. The van der Waals surface area contributed by atoms with E-state index in [4.69, 9.17) is 9.47 Å². The Hall–Kier alpha value is -0.360. The lowest BCUT2D eigenvalue weighted by molar-refractivity contribution is -0.150. The standard InChI is InChI=1S/C15H28N2O3.ClH/c1-4-15(5-2)12(9-13(15)20-6-3)17-14(18)11-10-19-8-7-16-11;/h11-13,16H,4-10H2,1-3H3,(H,17,18);1H. The number of carbonyl (C=O) groups is 1. The molecular weight excluding hydrogens is 292 g/mol. The third-order valence-corrected chi connectivity index (χ3v) is 5.02. The first-order valence-corrected chi connectivity index (χ1v) is 7.91. The molecule has 0 aromatic carbocycles. The van der Waals surface area contributed by atoms with Crippen LogP contribution in [0.25, 0.3) is 0 Å². The molecule has 0 aromatic heterocycles. The van der Waals surface area contributed by atoms with Gasteiger partial charge >= 0.3 is 0 Å². The molecule has 1 aliphatic heterocycles. The summed E-state index contributed by atoms with van der Waals surface area (Å²) in [6, 6.07) is 0.0200. The van der Waals surface area contributed by atoms with E-state index in [9.17, 15) is 4.79 Å². The minimum absolute atomic E-state index is 0. The van der Waals surface area contributed by atoms with Gasteiger partial charge in [-0.05, 0) is 26.2 Å². The summed E-state index contributed by atoms with van der Waals surface area (Å²) in [6.45, 7) is 9.06. The zero-order valence-electron chi connectivity index (χ0n) is 13.3. The van der Waals surface area contributed by atoms with Gasteiger partial charge in [-0.25, -0.2) is 0 Å². The second kappa shape index (κ2) is 8.32. The van der Waals surface area contributed by atoms with Gasteiger partial charge in [-0.2, -0.15) is 0 Å². The summed E-state index contributed by atoms with van der Waals surface area (Å²) in [5, 5.41) is 6.41. The van der Waals surface area contributed by atoms with E-state index in [1.807, 2.05) is 6.92 Å². The van der Waals surface area contributed by atoms with Crippen LogP contribution in [0.4, 0.5) is 0 Å². The summed E-state index contributed by atoms with van der Waals surface area (Å²) in [6.07, 6.45) is 3.28. The van der Waals surface area contributed by atoms with Crippen molar-refractivity contribution >= 4 is 18.3 Å². The largest absolute Gasteiger partial charge is 0.378 e. The van der Waals surface area contributed by atoms with Crippen molar-refractivity contribution < 1.29 is 14.3 Å². The molecule has 5 nitrogen and oxygen atoms in total. The van der Waals surface area contributed by atoms with Gasteiger partial charge in [-0.15, -0.1) is 12.4 Å². The summed E-state index contributed by atoms with van der Waals surface area (Å²) in [4.78, 5) is 12.3. The van der Waals surface area contributed by atoms with E-state index in [-0.39, 0.29) is 41.9 Å². The number of hydrogen-bond acceptors (Lipinski definition) is 4. The molecule has 124 valence electrons. The highest BCUT2D eigenvalue weighted by atomic mass is 35.5. The maximum absolute atomic E-state index is 12.3. The fraction of sp³-hybridized carbons (Fsp3) is 0.933. The first-order valence-electron chi connectivity index (χ1n) is 7.91. The number of halogens is 1. The highest BCUT2D eigenvalue weighted by Crippen LogP contribution is 2.48. The fourth-order valence-electron chi connectivity index (χ4n) is 3.59. The van der Waals surface area contributed by atoms with Gasteiger partial charge < -0.3 is 20.1 Å². The van der Waals surface area contributed by atoms with E-state index in [1.54, 1.807) is 0 Å². The van der Waals surface area contributed by atoms with Gasteiger partial charge in [-0.3, -0.25) is 4.79 Å². The van der Waals surface area contributed by atoms with Crippen LogP contribution >= 0.6 is 12.4 Å². The predicted octanol–water partition coefficient (Wildman–Crippen LogP) is 1.50. The predicted molar refractivity (Wildman–Crippen MR) is 84.8 cm³/mol. The van der Waals surface area contributed by atoms with Gasteiger partial charge in [0, 0.05) is 24.6 Å². The van der Waals surface area contributed by atoms with Crippen LogP contribution in [0.1, 0.15) is 40.0 Å². The number of morpholine rings is 1. The first kappa shape index (κ1) is 18.7. The van der Waals surface area contributed by atoms with Crippen LogP contribution in [0.5, 0.6) is 0 Å². The quantitative estimate of drug-likeness (QED) is 0.778. The van der Waals surface area contributed by atoms with E-state index >= 15 is 0 Å². The molecule has 1 heterocycles. The Balaban J connectivity index is 0.00000220. The molecule has 3 atom stereocenters. The average molecular weight is 321 g/mol. The summed E-state index contributed by atoms with van der Waals surface area (Å²) in [7, 11) is 0. The Morgan fingerprint density at radius 1 is 1.38 bits per heavy atom. The van der Waals surface area contributed by atoms with Crippen LogP contribution in [0.3, 0.4) is 0 Å². The number of ether oxygens (including phenoxy) is 2. The maximum atomic E-state index is 12.3. The molecule has 6 heteroatoms. The molecule has 2 aliphatic rings. The second-order valence-electron chi connectivity index (χ2n) is 5.76.